The highest BCUT2D eigenvalue weighted by molar-refractivity contribution is 5.75. The van der Waals surface area contributed by atoms with Gasteiger partial charge in [-0.25, -0.2) is 0 Å². The molecule has 1 aromatic carbocycles. The molecule has 1 unspecified atom stereocenters. The second kappa shape index (κ2) is 6.48. The average Bonchev–Trinajstić information content (AvgIpc) is 2.51. The lowest BCUT2D eigenvalue weighted by atomic mass is 9.87. The monoisotopic (exact) mass is 291 g/mol. The van der Waals surface area contributed by atoms with E-state index >= 15 is 0 Å². The predicted octanol–water partition coefficient (Wildman–Crippen LogP) is 2.86. The number of esters is 1. The van der Waals surface area contributed by atoms with Gasteiger partial charge in [0.2, 0.25) is 0 Å². The normalized spacial score (nSPS) is 18.0. The molecule has 1 N–H and O–H groups in total. The molecule has 1 aliphatic rings. The van der Waals surface area contributed by atoms with Crippen LogP contribution in [-0.4, -0.2) is 26.7 Å². The molecule has 0 bridgehead atoms. The van der Waals surface area contributed by atoms with Crippen molar-refractivity contribution in [3.05, 3.63) is 29.3 Å². The summed E-state index contributed by atoms with van der Waals surface area (Å²) in [4.78, 5) is 11.7. The third kappa shape index (κ3) is 3.38. The Kier molecular flexibility index (Phi) is 4.88. The second-order valence-electron chi connectivity index (χ2n) is 6.22. The number of benzene rings is 1. The zero-order valence-corrected chi connectivity index (χ0v) is 13.4. The maximum Gasteiger partial charge on any atom is 0.314 e. The molecule has 0 fully saturated rings. The SMILES string of the molecule is CNC1CCCc2c(OCC(C)(C)C(=O)OC)cccc21. The van der Waals surface area contributed by atoms with E-state index in [1.165, 1.54) is 18.2 Å². The molecule has 0 saturated carbocycles. The number of carbonyl (C=O) groups excluding carboxylic acids is 1. The molecule has 2 rings (SSSR count). The van der Waals surface area contributed by atoms with Gasteiger partial charge in [-0.3, -0.25) is 4.79 Å². The summed E-state index contributed by atoms with van der Waals surface area (Å²) in [5.41, 5.74) is 1.94. The van der Waals surface area contributed by atoms with Gasteiger partial charge in [-0.2, -0.15) is 0 Å². The Bertz CT molecular complexity index is 511. The zero-order valence-electron chi connectivity index (χ0n) is 13.4. The summed E-state index contributed by atoms with van der Waals surface area (Å²) in [6, 6.07) is 6.57. The zero-order chi connectivity index (χ0) is 15.5. The maximum atomic E-state index is 11.7. The molecule has 116 valence electrons. The molecule has 1 atom stereocenters. The van der Waals surface area contributed by atoms with Gasteiger partial charge in [0.15, 0.2) is 0 Å². The lowest BCUT2D eigenvalue weighted by Gasteiger charge is -2.28. The number of ether oxygens (including phenoxy) is 2. The van der Waals surface area contributed by atoms with Gasteiger partial charge in [-0.05, 0) is 57.4 Å². The van der Waals surface area contributed by atoms with E-state index < -0.39 is 5.41 Å². The van der Waals surface area contributed by atoms with Gasteiger partial charge in [-0.1, -0.05) is 12.1 Å². The highest BCUT2D eigenvalue weighted by atomic mass is 16.5. The molecule has 0 radical (unpaired) electrons. The van der Waals surface area contributed by atoms with E-state index in [2.05, 4.69) is 11.4 Å². The summed E-state index contributed by atoms with van der Waals surface area (Å²) in [6.45, 7) is 4.00. The van der Waals surface area contributed by atoms with Crippen molar-refractivity contribution in [1.82, 2.24) is 5.32 Å². The van der Waals surface area contributed by atoms with Crippen molar-refractivity contribution in [3.63, 3.8) is 0 Å². The van der Waals surface area contributed by atoms with Crippen molar-refractivity contribution < 1.29 is 14.3 Å². The number of carbonyl (C=O) groups is 1. The average molecular weight is 291 g/mol. The minimum atomic E-state index is -0.644. The van der Waals surface area contributed by atoms with Gasteiger partial charge >= 0.3 is 5.97 Å². The summed E-state index contributed by atoms with van der Waals surface area (Å²) >= 11 is 0. The molecular formula is C17H25NO3. The predicted molar refractivity (Wildman–Crippen MR) is 82.5 cm³/mol. The molecule has 1 aromatic rings. The van der Waals surface area contributed by atoms with Crippen LogP contribution in [0, 0.1) is 5.41 Å². The smallest absolute Gasteiger partial charge is 0.314 e. The first-order valence-corrected chi connectivity index (χ1v) is 7.50. The number of fused-ring (bicyclic) bond motifs is 1. The summed E-state index contributed by atoms with van der Waals surface area (Å²) in [7, 11) is 3.40. The van der Waals surface area contributed by atoms with E-state index in [4.69, 9.17) is 9.47 Å². The van der Waals surface area contributed by atoms with E-state index in [9.17, 15) is 4.79 Å². The van der Waals surface area contributed by atoms with Crippen LogP contribution in [0.1, 0.15) is 43.9 Å². The lowest BCUT2D eigenvalue weighted by Crippen LogP contribution is -2.32. The van der Waals surface area contributed by atoms with Gasteiger partial charge in [-0.15, -0.1) is 0 Å². The number of hydrogen-bond acceptors (Lipinski definition) is 4. The number of hydrogen-bond donors (Lipinski definition) is 1. The van der Waals surface area contributed by atoms with Gasteiger partial charge in [0.05, 0.1) is 12.5 Å². The van der Waals surface area contributed by atoms with E-state index in [-0.39, 0.29) is 5.97 Å². The van der Waals surface area contributed by atoms with Crippen molar-refractivity contribution in [1.29, 1.82) is 0 Å². The van der Waals surface area contributed by atoms with Crippen LogP contribution < -0.4 is 10.1 Å². The van der Waals surface area contributed by atoms with Crippen LogP contribution in [0.2, 0.25) is 0 Å². The van der Waals surface area contributed by atoms with Crippen LogP contribution in [-0.2, 0) is 16.0 Å². The number of nitrogens with one attached hydrogen (secondary N) is 1. The van der Waals surface area contributed by atoms with Crippen LogP contribution in [0.3, 0.4) is 0 Å². The first kappa shape index (κ1) is 15.8. The summed E-state index contributed by atoms with van der Waals surface area (Å²) in [6.07, 6.45) is 3.34. The Hall–Kier alpha value is -1.55. The molecule has 4 heteroatoms. The highest BCUT2D eigenvalue weighted by Gasteiger charge is 2.30. The second-order valence-corrected chi connectivity index (χ2v) is 6.22. The fraction of sp³-hybridized carbons (Fsp3) is 0.588. The fourth-order valence-corrected chi connectivity index (χ4v) is 2.84. The van der Waals surface area contributed by atoms with Crippen LogP contribution in [0.4, 0.5) is 0 Å². The van der Waals surface area contributed by atoms with Crippen molar-refractivity contribution in [2.75, 3.05) is 20.8 Å². The minimum Gasteiger partial charge on any atom is -0.492 e. The summed E-state index contributed by atoms with van der Waals surface area (Å²) < 4.78 is 10.8. The van der Waals surface area contributed by atoms with Gasteiger partial charge in [0, 0.05) is 6.04 Å². The maximum absolute atomic E-state index is 11.7. The Morgan fingerprint density at radius 3 is 2.86 bits per heavy atom. The van der Waals surface area contributed by atoms with Crippen molar-refractivity contribution >= 4 is 5.97 Å². The van der Waals surface area contributed by atoms with E-state index in [1.54, 1.807) is 0 Å². The third-order valence-corrected chi connectivity index (χ3v) is 4.14. The molecular weight excluding hydrogens is 266 g/mol. The van der Waals surface area contributed by atoms with Crippen molar-refractivity contribution in [2.45, 2.75) is 39.2 Å². The number of methoxy groups -OCH3 is 1. The standard InChI is InChI=1S/C17H25NO3/c1-17(2,16(19)20-4)11-21-15-10-6-7-12-13(15)8-5-9-14(12)18-3/h6-7,10,14,18H,5,8-9,11H2,1-4H3. The fourth-order valence-electron chi connectivity index (χ4n) is 2.84. The Balaban J connectivity index is 2.17. The molecule has 0 aliphatic heterocycles. The van der Waals surface area contributed by atoms with E-state index in [1.807, 2.05) is 33.0 Å². The molecule has 1 aliphatic carbocycles. The van der Waals surface area contributed by atoms with Crippen LogP contribution in [0.5, 0.6) is 5.75 Å². The topological polar surface area (TPSA) is 47.6 Å². The van der Waals surface area contributed by atoms with Crippen LogP contribution in [0.25, 0.3) is 0 Å². The van der Waals surface area contributed by atoms with Crippen molar-refractivity contribution in [2.24, 2.45) is 5.41 Å². The Morgan fingerprint density at radius 2 is 2.19 bits per heavy atom. The molecule has 0 spiro atoms. The molecule has 0 amide bonds. The molecule has 0 heterocycles. The Morgan fingerprint density at radius 1 is 1.43 bits per heavy atom. The third-order valence-electron chi connectivity index (χ3n) is 4.14. The quantitative estimate of drug-likeness (QED) is 0.847. The highest BCUT2D eigenvalue weighted by Crippen LogP contribution is 2.35. The molecule has 21 heavy (non-hydrogen) atoms. The van der Waals surface area contributed by atoms with Crippen LogP contribution >= 0.6 is 0 Å². The van der Waals surface area contributed by atoms with Crippen molar-refractivity contribution in [3.8, 4) is 5.75 Å². The van der Waals surface area contributed by atoms with Crippen LogP contribution in [0.15, 0.2) is 18.2 Å². The van der Waals surface area contributed by atoms with Gasteiger partial charge in [0.25, 0.3) is 0 Å². The largest absolute Gasteiger partial charge is 0.492 e. The Labute approximate surface area is 126 Å². The summed E-state index contributed by atoms with van der Waals surface area (Å²) in [5.74, 6) is 0.643. The molecule has 0 saturated heterocycles. The molecule has 0 aromatic heterocycles. The van der Waals surface area contributed by atoms with E-state index in [0.29, 0.717) is 12.6 Å². The van der Waals surface area contributed by atoms with Gasteiger partial charge in [0.1, 0.15) is 12.4 Å². The number of rotatable bonds is 5. The van der Waals surface area contributed by atoms with Gasteiger partial charge < -0.3 is 14.8 Å². The first-order chi connectivity index (χ1) is 9.99. The minimum absolute atomic E-state index is 0.250. The summed E-state index contributed by atoms with van der Waals surface area (Å²) in [5, 5.41) is 3.36. The molecule has 4 nitrogen and oxygen atoms in total. The first-order valence-electron chi connectivity index (χ1n) is 7.50. The lowest BCUT2D eigenvalue weighted by molar-refractivity contribution is -0.152. The van der Waals surface area contributed by atoms with E-state index in [0.717, 1.165) is 25.0 Å².